The molecule has 1 aromatic rings. The van der Waals surface area contributed by atoms with E-state index in [1.165, 1.54) is 11.1 Å². The van der Waals surface area contributed by atoms with Crippen molar-refractivity contribution in [3.63, 3.8) is 0 Å². The van der Waals surface area contributed by atoms with Gasteiger partial charge in [-0.05, 0) is 56.1 Å². The fourth-order valence-electron chi connectivity index (χ4n) is 8.91. The van der Waals surface area contributed by atoms with Gasteiger partial charge in [0.05, 0.1) is 12.7 Å². The molecule has 6 heteroatoms. The van der Waals surface area contributed by atoms with Gasteiger partial charge in [0, 0.05) is 42.0 Å². The quantitative estimate of drug-likeness (QED) is 0.704. The van der Waals surface area contributed by atoms with E-state index in [9.17, 15) is 10.4 Å². The Kier molecular flexibility index (Phi) is 4.03. The lowest BCUT2D eigenvalue weighted by atomic mass is 9.33. The van der Waals surface area contributed by atoms with Crippen molar-refractivity contribution < 1.29 is 19.3 Å². The second kappa shape index (κ2) is 6.17. The summed E-state index contributed by atoms with van der Waals surface area (Å²) in [7, 11) is 3.50. The lowest BCUT2D eigenvalue weighted by Crippen LogP contribution is -2.83. The predicted molar refractivity (Wildman–Crippen MR) is 123 cm³/mol. The topological polar surface area (TPSA) is 75.0 Å². The van der Waals surface area contributed by atoms with Crippen LogP contribution in [0, 0.1) is 28.2 Å². The van der Waals surface area contributed by atoms with Gasteiger partial charge in [-0.25, -0.2) is 0 Å². The molecule has 4 aliphatic carbocycles. The number of aliphatic hydroxyl groups is 1. The van der Waals surface area contributed by atoms with Crippen LogP contribution in [0.15, 0.2) is 12.1 Å². The van der Waals surface area contributed by atoms with E-state index in [4.69, 9.17) is 14.2 Å². The summed E-state index contributed by atoms with van der Waals surface area (Å²) in [6.45, 7) is 9.05. The third-order valence-electron chi connectivity index (χ3n) is 10.9. The van der Waals surface area contributed by atoms with Crippen LogP contribution in [0.1, 0.15) is 64.5 Å². The van der Waals surface area contributed by atoms with Crippen molar-refractivity contribution in [2.45, 2.75) is 88.6 Å². The Bertz CT molecular complexity index is 1070. The van der Waals surface area contributed by atoms with Crippen LogP contribution in [-0.2, 0) is 16.6 Å². The van der Waals surface area contributed by atoms with Gasteiger partial charge in [-0.15, -0.1) is 0 Å². The number of piperidine rings is 1. The summed E-state index contributed by atoms with van der Waals surface area (Å²) in [4.78, 5) is 2.03. The van der Waals surface area contributed by atoms with Crippen molar-refractivity contribution in [1.29, 1.82) is 5.26 Å². The normalized spacial score (nSPS) is 41.6. The van der Waals surface area contributed by atoms with Crippen molar-refractivity contribution >= 4 is 0 Å². The van der Waals surface area contributed by atoms with Crippen LogP contribution in [-0.4, -0.2) is 54.1 Å². The maximum Gasteiger partial charge on any atom is 0.179 e. The molecular formula is C27H36N2O4. The van der Waals surface area contributed by atoms with Crippen molar-refractivity contribution in [2.75, 3.05) is 20.8 Å². The second-order valence-corrected chi connectivity index (χ2v) is 12.3. The van der Waals surface area contributed by atoms with E-state index in [0.717, 1.165) is 50.1 Å². The lowest BCUT2D eigenvalue weighted by Gasteiger charge is -2.75. The largest absolute Gasteiger partial charge is 0.493 e. The van der Waals surface area contributed by atoms with Gasteiger partial charge in [0.2, 0.25) is 0 Å². The highest BCUT2D eigenvalue weighted by atomic mass is 16.6. The molecule has 2 spiro atoms. The zero-order valence-electron chi connectivity index (χ0n) is 20.7. The van der Waals surface area contributed by atoms with Gasteiger partial charge in [0.1, 0.15) is 11.7 Å². The van der Waals surface area contributed by atoms with E-state index in [2.05, 4.69) is 33.0 Å². The molecule has 178 valence electrons. The van der Waals surface area contributed by atoms with Crippen LogP contribution >= 0.6 is 0 Å². The van der Waals surface area contributed by atoms with Gasteiger partial charge >= 0.3 is 0 Å². The van der Waals surface area contributed by atoms with Gasteiger partial charge in [-0.2, -0.15) is 5.26 Å². The summed E-state index contributed by atoms with van der Waals surface area (Å²) in [5, 5.41) is 22.2. The summed E-state index contributed by atoms with van der Waals surface area (Å²) in [6, 6.07) is 4.30. The molecule has 1 saturated heterocycles. The highest BCUT2D eigenvalue weighted by Gasteiger charge is 2.82. The third kappa shape index (κ3) is 2.10. The first-order valence-electron chi connectivity index (χ1n) is 12.3. The maximum atomic E-state index is 12.1. The number of hydrogen-bond donors (Lipinski definition) is 1. The molecule has 3 saturated carbocycles. The molecule has 4 bridgehead atoms. The standard InChI is InChI=1S/C27H36N2O4/c1-23(2,3)24(4,30)18-14-25-9-10-27(18,32-6)22-26(25)11-12-29(15-28)19(25)13-16-7-8-17(31-5)21(33-22)20(16)26/h7-8,18-19,22,30H,9-14H2,1-6H3/t18-,19-,22-,24-,25?,26+,27+/m1/s1. The van der Waals surface area contributed by atoms with Gasteiger partial charge in [-0.3, -0.25) is 0 Å². The smallest absolute Gasteiger partial charge is 0.179 e. The van der Waals surface area contributed by atoms with Crippen LogP contribution in [0.25, 0.3) is 0 Å². The number of nitrogens with zero attached hydrogens (tertiary/aromatic N) is 2. The average molecular weight is 453 g/mol. The zero-order valence-corrected chi connectivity index (χ0v) is 20.7. The van der Waals surface area contributed by atoms with Crippen molar-refractivity contribution in [1.82, 2.24) is 4.90 Å². The summed E-state index contributed by atoms with van der Waals surface area (Å²) >= 11 is 0. The summed E-state index contributed by atoms with van der Waals surface area (Å²) in [6.07, 6.45) is 6.68. The van der Waals surface area contributed by atoms with Gasteiger partial charge in [0.25, 0.3) is 0 Å². The monoisotopic (exact) mass is 452 g/mol. The van der Waals surface area contributed by atoms with E-state index in [1.54, 1.807) is 14.2 Å². The minimum absolute atomic E-state index is 0.107. The average Bonchev–Trinajstić information content (AvgIpc) is 3.15. The lowest BCUT2D eigenvalue weighted by molar-refractivity contribution is -0.309. The molecule has 1 aromatic carbocycles. The summed E-state index contributed by atoms with van der Waals surface area (Å²) in [5.74, 6) is 1.54. The van der Waals surface area contributed by atoms with Crippen LogP contribution in [0.4, 0.5) is 0 Å². The number of fused-ring (bicyclic) bond motifs is 2. The minimum Gasteiger partial charge on any atom is -0.493 e. The number of likely N-dealkylation sites (tertiary alicyclic amines) is 1. The van der Waals surface area contributed by atoms with Gasteiger partial charge in [0.15, 0.2) is 17.7 Å². The molecular weight excluding hydrogens is 416 g/mol. The van der Waals surface area contributed by atoms with Crippen LogP contribution < -0.4 is 9.47 Å². The van der Waals surface area contributed by atoms with Crippen molar-refractivity contribution in [3.8, 4) is 17.7 Å². The Morgan fingerprint density at radius 2 is 1.94 bits per heavy atom. The number of rotatable bonds is 3. The molecule has 1 N–H and O–H groups in total. The SMILES string of the molecule is COc1ccc2c3c1O[C@H]1[C@]4(OC)CCC5(C[C@@H]4[C@@](C)(O)C(C)(C)C)[C@@H](C2)N(C#N)CC[C@]315. The molecule has 4 fully saturated rings. The van der Waals surface area contributed by atoms with E-state index in [0.29, 0.717) is 0 Å². The number of methoxy groups -OCH3 is 2. The van der Waals surface area contributed by atoms with Gasteiger partial charge < -0.3 is 24.2 Å². The first-order valence-corrected chi connectivity index (χ1v) is 12.3. The maximum absolute atomic E-state index is 12.1. The highest BCUT2D eigenvalue weighted by Crippen LogP contribution is 2.77. The first-order chi connectivity index (χ1) is 15.5. The molecule has 2 heterocycles. The zero-order chi connectivity index (χ0) is 23.6. The molecule has 0 radical (unpaired) electrons. The molecule has 33 heavy (non-hydrogen) atoms. The van der Waals surface area contributed by atoms with Crippen molar-refractivity contribution in [2.24, 2.45) is 16.7 Å². The summed E-state index contributed by atoms with van der Waals surface area (Å²) < 4.78 is 19.3. The molecule has 6 nitrogen and oxygen atoms in total. The Hall–Kier alpha value is -1.97. The molecule has 0 amide bonds. The minimum atomic E-state index is -0.966. The number of hydrogen-bond acceptors (Lipinski definition) is 6. The first kappa shape index (κ1) is 21.6. The Balaban J connectivity index is 1.66. The number of benzene rings is 1. The van der Waals surface area contributed by atoms with Gasteiger partial charge in [-0.1, -0.05) is 26.8 Å². The molecule has 7 atom stereocenters. The Labute approximate surface area is 196 Å². The molecule has 6 aliphatic rings. The fraction of sp³-hybridized carbons (Fsp3) is 0.741. The van der Waals surface area contributed by atoms with Crippen LogP contribution in [0.3, 0.4) is 0 Å². The Morgan fingerprint density at radius 1 is 1.18 bits per heavy atom. The number of nitriles is 1. The van der Waals surface area contributed by atoms with E-state index in [1.807, 2.05) is 17.9 Å². The van der Waals surface area contributed by atoms with Crippen molar-refractivity contribution in [3.05, 3.63) is 23.3 Å². The summed E-state index contributed by atoms with van der Waals surface area (Å²) in [5.41, 5.74) is 0.315. The van der Waals surface area contributed by atoms with Crippen LogP contribution in [0.5, 0.6) is 11.5 Å². The molecule has 0 aromatic heterocycles. The third-order valence-corrected chi connectivity index (χ3v) is 10.9. The fourth-order valence-corrected chi connectivity index (χ4v) is 8.91. The second-order valence-electron chi connectivity index (χ2n) is 12.3. The van der Waals surface area contributed by atoms with E-state index < -0.39 is 11.2 Å². The van der Waals surface area contributed by atoms with Crippen LogP contribution in [0.2, 0.25) is 0 Å². The number of ether oxygens (including phenoxy) is 3. The highest BCUT2D eigenvalue weighted by molar-refractivity contribution is 5.63. The molecule has 2 aliphatic heterocycles. The van der Waals surface area contributed by atoms with E-state index >= 15 is 0 Å². The van der Waals surface area contributed by atoms with E-state index in [-0.39, 0.29) is 34.3 Å². The Morgan fingerprint density at radius 3 is 2.58 bits per heavy atom. The predicted octanol–water partition coefficient (Wildman–Crippen LogP) is 3.79. The molecule has 7 rings (SSSR count). The molecule has 1 unspecified atom stereocenters.